The summed E-state index contributed by atoms with van der Waals surface area (Å²) in [6.45, 7) is 1.89. The van der Waals surface area contributed by atoms with Gasteiger partial charge in [-0.15, -0.1) is 0 Å². The Balaban J connectivity index is 1.83. The van der Waals surface area contributed by atoms with Crippen molar-refractivity contribution in [1.82, 2.24) is 5.43 Å². The van der Waals surface area contributed by atoms with Gasteiger partial charge in [-0.1, -0.05) is 30.3 Å². The molecule has 0 radical (unpaired) electrons. The summed E-state index contributed by atoms with van der Waals surface area (Å²) in [4.78, 5) is 11.7. The first-order valence-electron chi connectivity index (χ1n) is 6.53. The molecule has 0 unspecified atom stereocenters. The van der Waals surface area contributed by atoms with Gasteiger partial charge in [0.2, 0.25) is 0 Å². The lowest BCUT2D eigenvalue weighted by atomic mass is 10.1. The molecule has 0 heterocycles. The zero-order valence-electron chi connectivity index (χ0n) is 11.6. The van der Waals surface area contributed by atoms with E-state index in [0.717, 1.165) is 11.3 Å². The van der Waals surface area contributed by atoms with Crippen LogP contribution in [0.15, 0.2) is 59.7 Å². The van der Waals surface area contributed by atoms with Crippen molar-refractivity contribution in [3.63, 3.8) is 0 Å². The van der Waals surface area contributed by atoms with Gasteiger partial charge < -0.3 is 5.32 Å². The Morgan fingerprint density at radius 3 is 2.43 bits per heavy atom. The van der Waals surface area contributed by atoms with Crippen molar-refractivity contribution in [1.29, 1.82) is 0 Å². The van der Waals surface area contributed by atoms with E-state index in [4.69, 9.17) is 0 Å². The van der Waals surface area contributed by atoms with Crippen LogP contribution in [-0.2, 0) is 4.79 Å². The van der Waals surface area contributed by atoms with Crippen LogP contribution in [0.3, 0.4) is 0 Å². The van der Waals surface area contributed by atoms with Gasteiger partial charge in [0.05, 0.1) is 12.3 Å². The monoisotopic (exact) mass is 285 g/mol. The number of carbonyl (C=O) groups is 1. The lowest BCUT2D eigenvalue weighted by Gasteiger charge is -2.06. The molecule has 2 aromatic carbocycles. The van der Waals surface area contributed by atoms with Crippen molar-refractivity contribution < 1.29 is 9.18 Å². The number of halogens is 1. The molecular weight excluding hydrogens is 269 g/mol. The van der Waals surface area contributed by atoms with Crippen LogP contribution in [0.4, 0.5) is 10.1 Å². The maximum absolute atomic E-state index is 12.7. The van der Waals surface area contributed by atoms with Gasteiger partial charge in [-0.25, -0.2) is 9.82 Å². The number of nitrogens with one attached hydrogen (secondary N) is 2. The maximum atomic E-state index is 12.7. The topological polar surface area (TPSA) is 53.5 Å². The highest BCUT2D eigenvalue weighted by Gasteiger charge is 2.01. The third-order valence-corrected chi connectivity index (χ3v) is 2.84. The first-order valence-corrected chi connectivity index (χ1v) is 6.53. The summed E-state index contributed by atoms with van der Waals surface area (Å²) in [6, 6.07) is 15.4. The number of amides is 1. The number of nitrogens with zero attached hydrogens (tertiary/aromatic N) is 1. The van der Waals surface area contributed by atoms with Crippen molar-refractivity contribution in [3.8, 4) is 0 Å². The fourth-order valence-electron chi connectivity index (χ4n) is 1.68. The Kier molecular flexibility index (Phi) is 5.04. The molecule has 108 valence electrons. The summed E-state index contributed by atoms with van der Waals surface area (Å²) in [5.41, 5.74) is 4.83. The van der Waals surface area contributed by atoms with Crippen LogP contribution in [0, 0.1) is 5.82 Å². The average molecular weight is 285 g/mol. The molecule has 0 aliphatic carbocycles. The number of hydrogen-bond acceptors (Lipinski definition) is 3. The SMILES string of the molecule is C/C(=N/NC(=O)CNc1ccc(F)cc1)c1ccccc1. The van der Waals surface area contributed by atoms with Crippen molar-refractivity contribution in [3.05, 3.63) is 66.0 Å². The minimum absolute atomic E-state index is 0.0667. The standard InChI is InChI=1S/C16H16FN3O/c1-12(13-5-3-2-4-6-13)19-20-16(21)11-18-15-9-7-14(17)8-10-15/h2-10,18H,11H2,1H3,(H,20,21)/b19-12-. The van der Waals surface area contributed by atoms with E-state index < -0.39 is 0 Å². The lowest BCUT2D eigenvalue weighted by Crippen LogP contribution is -2.26. The summed E-state index contributed by atoms with van der Waals surface area (Å²) in [6.07, 6.45) is 0. The van der Waals surface area contributed by atoms with E-state index in [2.05, 4.69) is 15.8 Å². The molecule has 2 rings (SSSR count). The molecule has 0 aliphatic heterocycles. The van der Waals surface area contributed by atoms with E-state index >= 15 is 0 Å². The fraction of sp³-hybridized carbons (Fsp3) is 0.125. The lowest BCUT2D eigenvalue weighted by molar-refractivity contribution is -0.119. The van der Waals surface area contributed by atoms with Crippen molar-refractivity contribution in [2.24, 2.45) is 5.10 Å². The summed E-state index contributed by atoms with van der Waals surface area (Å²) in [7, 11) is 0. The van der Waals surface area contributed by atoms with Gasteiger partial charge >= 0.3 is 0 Å². The molecule has 0 saturated heterocycles. The van der Waals surface area contributed by atoms with Gasteiger partial charge in [-0.05, 0) is 36.8 Å². The molecule has 5 heteroatoms. The zero-order chi connectivity index (χ0) is 15.1. The number of benzene rings is 2. The van der Waals surface area contributed by atoms with Crippen LogP contribution in [0.2, 0.25) is 0 Å². The first-order chi connectivity index (χ1) is 10.1. The van der Waals surface area contributed by atoms with Crippen molar-refractivity contribution in [2.75, 3.05) is 11.9 Å². The molecule has 0 spiro atoms. The van der Waals surface area contributed by atoms with Crippen LogP contribution >= 0.6 is 0 Å². The van der Waals surface area contributed by atoms with Crippen LogP contribution in [-0.4, -0.2) is 18.2 Å². The maximum Gasteiger partial charge on any atom is 0.259 e. The Bertz CT molecular complexity index is 624. The molecule has 1 amide bonds. The van der Waals surface area contributed by atoms with Gasteiger partial charge in [0.1, 0.15) is 5.82 Å². The van der Waals surface area contributed by atoms with Crippen LogP contribution in [0.5, 0.6) is 0 Å². The van der Waals surface area contributed by atoms with Crippen LogP contribution in [0.1, 0.15) is 12.5 Å². The quantitative estimate of drug-likeness (QED) is 0.655. The van der Waals surface area contributed by atoms with Gasteiger partial charge in [-0.3, -0.25) is 4.79 Å². The highest BCUT2D eigenvalue weighted by molar-refractivity contribution is 5.99. The molecule has 0 atom stereocenters. The first kappa shape index (κ1) is 14.7. The Hall–Kier alpha value is -2.69. The third kappa shape index (κ3) is 4.72. The van der Waals surface area contributed by atoms with Gasteiger partial charge in [0.15, 0.2) is 0 Å². The third-order valence-electron chi connectivity index (χ3n) is 2.84. The molecular formula is C16H16FN3O. The molecule has 21 heavy (non-hydrogen) atoms. The summed E-state index contributed by atoms with van der Waals surface area (Å²) < 4.78 is 12.7. The number of hydrazone groups is 1. The average Bonchev–Trinajstić information content (AvgIpc) is 2.53. The zero-order valence-corrected chi connectivity index (χ0v) is 11.6. The largest absolute Gasteiger partial charge is 0.376 e. The second-order valence-electron chi connectivity index (χ2n) is 4.46. The van der Waals surface area contributed by atoms with Gasteiger partial charge in [0, 0.05) is 5.69 Å². The molecule has 0 fully saturated rings. The Morgan fingerprint density at radius 1 is 1.10 bits per heavy atom. The van der Waals surface area contributed by atoms with E-state index in [1.165, 1.54) is 12.1 Å². The molecule has 0 aliphatic rings. The van der Waals surface area contributed by atoms with Crippen molar-refractivity contribution in [2.45, 2.75) is 6.92 Å². The number of rotatable bonds is 5. The second kappa shape index (κ2) is 7.19. The highest BCUT2D eigenvalue weighted by Crippen LogP contribution is 2.07. The second-order valence-corrected chi connectivity index (χ2v) is 4.46. The molecule has 2 N–H and O–H groups in total. The Morgan fingerprint density at radius 2 is 1.76 bits per heavy atom. The fourth-order valence-corrected chi connectivity index (χ4v) is 1.68. The molecule has 0 bridgehead atoms. The predicted octanol–water partition coefficient (Wildman–Crippen LogP) is 2.78. The van der Waals surface area contributed by atoms with Gasteiger partial charge in [-0.2, -0.15) is 5.10 Å². The highest BCUT2D eigenvalue weighted by atomic mass is 19.1. The number of hydrogen-bond donors (Lipinski definition) is 2. The number of carbonyl (C=O) groups excluding carboxylic acids is 1. The van der Waals surface area contributed by atoms with E-state index in [1.54, 1.807) is 12.1 Å². The summed E-state index contributed by atoms with van der Waals surface area (Å²) in [5, 5.41) is 6.93. The van der Waals surface area contributed by atoms with E-state index in [-0.39, 0.29) is 18.3 Å². The van der Waals surface area contributed by atoms with Crippen molar-refractivity contribution >= 4 is 17.3 Å². The summed E-state index contributed by atoms with van der Waals surface area (Å²) in [5.74, 6) is -0.581. The normalized spacial score (nSPS) is 11.0. The van der Waals surface area contributed by atoms with E-state index in [1.807, 2.05) is 37.3 Å². The smallest absolute Gasteiger partial charge is 0.259 e. The van der Waals surface area contributed by atoms with Crippen LogP contribution < -0.4 is 10.7 Å². The molecule has 0 saturated carbocycles. The van der Waals surface area contributed by atoms with E-state index in [9.17, 15) is 9.18 Å². The molecule has 2 aromatic rings. The molecule has 4 nitrogen and oxygen atoms in total. The van der Waals surface area contributed by atoms with Gasteiger partial charge in [0.25, 0.3) is 5.91 Å². The number of anilines is 1. The minimum atomic E-state index is -0.312. The predicted molar refractivity (Wildman–Crippen MR) is 81.7 cm³/mol. The minimum Gasteiger partial charge on any atom is -0.376 e. The Labute approximate surface area is 122 Å². The molecule has 0 aromatic heterocycles. The summed E-state index contributed by atoms with van der Waals surface area (Å²) >= 11 is 0. The van der Waals surface area contributed by atoms with Crippen LogP contribution in [0.25, 0.3) is 0 Å². The van der Waals surface area contributed by atoms with E-state index in [0.29, 0.717) is 5.69 Å².